The average Bonchev–Trinajstić information content (AvgIpc) is 3.16. The second-order valence-corrected chi connectivity index (χ2v) is 9.96. The molecule has 0 N–H and O–H groups in total. The van der Waals surface area contributed by atoms with Crippen molar-refractivity contribution in [2.24, 2.45) is 0 Å². The van der Waals surface area contributed by atoms with Gasteiger partial charge < -0.3 is 14.2 Å². The number of rotatable bonds is 9. The SMILES string of the molecule is CCOC(=O)CS(=O)CCN(c1ccc2c(c1)OCO2)S(=O)(=O)c1ccc(C)cc1. The molecule has 162 valence electrons. The summed E-state index contributed by atoms with van der Waals surface area (Å²) in [5, 5.41) is 0. The highest BCUT2D eigenvalue weighted by Gasteiger charge is 2.27. The molecule has 1 unspecified atom stereocenters. The van der Waals surface area contributed by atoms with E-state index in [4.69, 9.17) is 14.2 Å². The number of nitrogens with zero attached hydrogens (tertiary/aromatic N) is 1. The topological polar surface area (TPSA) is 99.2 Å². The largest absolute Gasteiger partial charge is 0.465 e. The summed E-state index contributed by atoms with van der Waals surface area (Å²) in [5.74, 6) is 0.0691. The number of aryl methyl sites for hydroxylation is 1. The van der Waals surface area contributed by atoms with E-state index >= 15 is 0 Å². The Labute approximate surface area is 178 Å². The van der Waals surface area contributed by atoms with E-state index in [1.54, 1.807) is 37.3 Å². The van der Waals surface area contributed by atoms with Crippen molar-refractivity contribution in [2.75, 3.05) is 35.8 Å². The van der Waals surface area contributed by atoms with Gasteiger partial charge >= 0.3 is 5.97 Å². The zero-order valence-corrected chi connectivity index (χ0v) is 18.3. The third kappa shape index (κ3) is 5.11. The third-order valence-corrected chi connectivity index (χ3v) is 7.40. The van der Waals surface area contributed by atoms with E-state index in [0.717, 1.165) is 5.56 Å². The number of fused-ring (bicyclic) bond motifs is 1. The van der Waals surface area contributed by atoms with Gasteiger partial charge in [0.15, 0.2) is 11.5 Å². The van der Waals surface area contributed by atoms with Crippen molar-refractivity contribution >= 4 is 32.5 Å². The molecule has 2 aromatic carbocycles. The summed E-state index contributed by atoms with van der Waals surface area (Å²) in [4.78, 5) is 11.7. The first kappa shape index (κ1) is 22.1. The highest BCUT2D eigenvalue weighted by Crippen LogP contribution is 2.37. The summed E-state index contributed by atoms with van der Waals surface area (Å²) < 4.78 is 55.6. The predicted molar refractivity (Wildman–Crippen MR) is 113 cm³/mol. The molecule has 0 fully saturated rings. The maximum absolute atomic E-state index is 13.3. The fourth-order valence-electron chi connectivity index (χ4n) is 2.86. The Morgan fingerprint density at radius 2 is 1.83 bits per heavy atom. The van der Waals surface area contributed by atoms with Crippen LogP contribution in [0.5, 0.6) is 11.5 Å². The Kier molecular flexibility index (Phi) is 6.99. The number of ether oxygens (including phenoxy) is 3. The summed E-state index contributed by atoms with van der Waals surface area (Å²) in [5.41, 5.74) is 1.28. The normalized spacial score (nSPS) is 13.7. The number of sulfonamides is 1. The van der Waals surface area contributed by atoms with E-state index in [9.17, 15) is 17.4 Å². The van der Waals surface area contributed by atoms with Crippen LogP contribution in [0, 0.1) is 6.92 Å². The van der Waals surface area contributed by atoms with Crippen molar-refractivity contribution in [1.29, 1.82) is 0 Å². The van der Waals surface area contributed by atoms with Gasteiger partial charge in [-0.3, -0.25) is 13.3 Å². The van der Waals surface area contributed by atoms with Gasteiger partial charge in [-0.2, -0.15) is 0 Å². The van der Waals surface area contributed by atoms with Crippen molar-refractivity contribution in [1.82, 2.24) is 0 Å². The molecule has 30 heavy (non-hydrogen) atoms. The van der Waals surface area contributed by atoms with Crippen molar-refractivity contribution < 1.29 is 31.6 Å². The highest BCUT2D eigenvalue weighted by molar-refractivity contribution is 7.93. The molecule has 0 saturated carbocycles. The molecule has 8 nitrogen and oxygen atoms in total. The first-order valence-electron chi connectivity index (χ1n) is 9.31. The molecule has 0 amide bonds. The van der Waals surface area contributed by atoms with Gasteiger partial charge in [-0.05, 0) is 38.1 Å². The van der Waals surface area contributed by atoms with E-state index in [1.165, 1.54) is 16.4 Å². The molecular weight excluding hydrogens is 430 g/mol. The van der Waals surface area contributed by atoms with Gasteiger partial charge in [0.2, 0.25) is 6.79 Å². The van der Waals surface area contributed by atoms with Gasteiger partial charge in [-0.1, -0.05) is 17.7 Å². The smallest absolute Gasteiger partial charge is 0.318 e. The molecule has 0 spiro atoms. The van der Waals surface area contributed by atoms with Crippen LogP contribution in [0.1, 0.15) is 12.5 Å². The molecule has 10 heteroatoms. The van der Waals surface area contributed by atoms with Crippen LogP contribution in [0.3, 0.4) is 0 Å². The van der Waals surface area contributed by atoms with Gasteiger partial charge in [0.05, 0.1) is 17.2 Å². The Morgan fingerprint density at radius 1 is 1.13 bits per heavy atom. The van der Waals surface area contributed by atoms with Crippen molar-refractivity contribution in [3.05, 3.63) is 48.0 Å². The summed E-state index contributed by atoms with van der Waals surface area (Å²) in [6.45, 7) is 3.71. The van der Waals surface area contributed by atoms with E-state index < -0.39 is 26.8 Å². The van der Waals surface area contributed by atoms with Gasteiger partial charge in [0.25, 0.3) is 10.0 Å². The highest BCUT2D eigenvalue weighted by atomic mass is 32.2. The zero-order chi connectivity index (χ0) is 21.7. The fraction of sp³-hybridized carbons (Fsp3) is 0.350. The van der Waals surface area contributed by atoms with Crippen LogP contribution in [-0.4, -0.2) is 50.0 Å². The minimum Gasteiger partial charge on any atom is -0.465 e. The van der Waals surface area contributed by atoms with Crippen molar-refractivity contribution in [2.45, 2.75) is 18.7 Å². The number of carbonyl (C=O) groups excluding carboxylic acids is 1. The summed E-state index contributed by atoms with van der Waals surface area (Å²) in [6, 6.07) is 11.3. The lowest BCUT2D eigenvalue weighted by molar-refractivity contribution is -0.139. The Bertz CT molecular complexity index is 1040. The van der Waals surface area contributed by atoms with Crippen LogP contribution in [0.2, 0.25) is 0 Å². The van der Waals surface area contributed by atoms with Crippen molar-refractivity contribution in [3.63, 3.8) is 0 Å². The molecule has 1 aliphatic rings. The van der Waals surface area contributed by atoms with Crippen LogP contribution in [0.25, 0.3) is 0 Å². The maximum Gasteiger partial charge on any atom is 0.318 e. The quantitative estimate of drug-likeness (QED) is 0.537. The fourth-order valence-corrected chi connectivity index (χ4v) is 5.31. The third-order valence-electron chi connectivity index (χ3n) is 4.36. The number of esters is 1. The van der Waals surface area contributed by atoms with E-state index in [1.807, 2.05) is 6.92 Å². The first-order valence-corrected chi connectivity index (χ1v) is 12.2. The lowest BCUT2D eigenvalue weighted by Crippen LogP contribution is -2.35. The number of carbonyl (C=O) groups is 1. The number of benzene rings is 2. The number of hydrogen-bond donors (Lipinski definition) is 0. The standard InChI is InChI=1S/C20H23NO7S2/c1-3-26-20(22)13-29(23)11-10-21(16-6-9-18-19(12-16)28-14-27-18)30(24,25)17-7-4-15(2)5-8-17/h4-9,12H,3,10-11,13-14H2,1-2H3. The van der Waals surface area contributed by atoms with Crippen LogP contribution in [-0.2, 0) is 30.4 Å². The molecule has 1 heterocycles. The molecule has 1 atom stereocenters. The second-order valence-electron chi connectivity index (χ2n) is 6.52. The van der Waals surface area contributed by atoms with E-state index in [0.29, 0.717) is 17.2 Å². The van der Waals surface area contributed by atoms with Crippen LogP contribution in [0.4, 0.5) is 5.69 Å². The van der Waals surface area contributed by atoms with Crippen molar-refractivity contribution in [3.8, 4) is 11.5 Å². The summed E-state index contributed by atoms with van der Waals surface area (Å²) in [6.07, 6.45) is 0. The van der Waals surface area contributed by atoms with Crippen LogP contribution >= 0.6 is 0 Å². The van der Waals surface area contributed by atoms with Gasteiger partial charge in [-0.25, -0.2) is 8.42 Å². The lowest BCUT2D eigenvalue weighted by atomic mass is 10.2. The maximum atomic E-state index is 13.3. The molecule has 1 aliphatic heterocycles. The second kappa shape index (κ2) is 9.48. The Hall–Kier alpha value is -2.59. The molecule has 0 radical (unpaired) electrons. The minimum absolute atomic E-state index is 0.0294. The molecular formula is C20H23NO7S2. The monoisotopic (exact) mass is 453 g/mol. The average molecular weight is 454 g/mol. The molecule has 0 aliphatic carbocycles. The Morgan fingerprint density at radius 3 is 2.53 bits per heavy atom. The van der Waals surface area contributed by atoms with Gasteiger partial charge in [0.1, 0.15) is 5.75 Å². The van der Waals surface area contributed by atoms with E-state index in [2.05, 4.69) is 0 Å². The predicted octanol–water partition coefficient (Wildman–Crippen LogP) is 2.23. The summed E-state index contributed by atoms with van der Waals surface area (Å²) in [7, 11) is -5.51. The molecule has 0 saturated heterocycles. The van der Waals surface area contributed by atoms with Gasteiger partial charge in [-0.15, -0.1) is 0 Å². The molecule has 2 aromatic rings. The number of hydrogen-bond acceptors (Lipinski definition) is 7. The summed E-state index contributed by atoms with van der Waals surface area (Å²) >= 11 is 0. The first-order chi connectivity index (χ1) is 14.3. The number of anilines is 1. The minimum atomic E-state index is -3.94. The Balaban J connectivity index is 1.88. The molecule has 0 bridgehead atoms. The zero-order valence-electron chi connectivity index (χ0n) is 16.7. The van der Waals surface area contributed by atoms with Gasteiger partial charge in [0, 0.05) is 29.2 Å². The molecule has 3 rings (SSSR count). The molecule has 0 aromatic heterocycles. The lowest BCUT2D eigenvalue weighted by Gasteiger charge is -2.24. The van der Waals surface area contributed by atoms with E-state index in [-0.39, 0.29) is 36.3 Å². The van der Waals surface area contributed by atoms with Crippen LogP contribution < -0.4 is 13.8 Å². The van der Waals surface area contributed by atoms with Crippen LogP contribution in [0.15, 0.2) is 47.4 Å².